The van der Waals surface area contributed by atoms with Crippen LogP contribution < -0.4 is 5.32 Å². The number of aromatic nitrogens is 4. The van der Waals surface area contributed by atoms with Gasteiger partial charge in [-0.2, -0.15) is 5.21 Å². The molecule has 0 aliphatic heterocycles. The van der Waals surface area contributed by atoms with Crippen molar-refractivity contribution in [1.82, 2.24) is 25.9 Å². The van der Waals surface area contributed by atoms with Crippen LogP contribution in [0.25, 0.3) is 0 Å². The third-order valence-electron chi connectivity index (χ3n) is 2.07. The quantitative estimate of drug-likeness (QED) is 0.763. The Morgan fingerprint density at radius 2 is 2.14 bits per heavy atom. The van der Waals surface area contributed by atoms with Crippen LogP contribution in [-0.4, -0.2) is 27.2 Å². The Hall–Kier alpha value is -0.970. The van der Waals surface area contributed by atoms with Crippen molar-refractivity contribution in [3.8, 4) is 0 Å². The van der Waals surface area contributed by atoms with Crippen molar-refractivity contribution in [1.29, 1.82) is 0 Å². The number of aromatic amines is 1. The SMILES string of the molecule is CC(NCCC(C)(C)C)c1nn[nH]n1. The molecule has 14 heavy (non-hydrogen) atoms. The number of hydrogen-bond acceptors (Lipinski definition) is 4. The first-order chi connectivity index (χ1) is 6.49. The summed E-state index contributed by atoms with van der Waals surface area (Å²) in [7, 11) is 0. The van der Waals surface area contributed by atoms with Crippen LogP contribution in [0.15, 0.2) is 0 Å². The fraction of sp³-hybridized carbons (Fsp3) is 0.889. The molecule has 0 saturated heterocycles. The second kappa shape index (κ2) is 4.50. The zero-order valence-corrected chi connectivity index (χ0v) is 9.33. The van der Waals surface area contributed by atoms with Crippen LogP contribution in [0, 0.1) is 5.41 Å². The van der Waals surface area contributed by atoms with Gasteiger partial charge in [0.15, 0.2) is 5.82 Å². The Labute approximate surface area is 84.7 Å². The highest BCUT2D eigenvalue weighted by atomic mass is 15.5. The molecule has 0 aliphatic rings. The normalized spacial score (nSPS) is 14.3. The molecular weight excluding hydrogens is 178 g/mol. The lowest BCUT2D eigenvalue weighted by molar-refractivity contribution is 0.356. The Balaban J connectivity index is 2.26. The molecule has 0 fully saturated rings. The van der Waals surface area contributed by atoms with Crippen LogP contribution in [0.1, 0.15) is 46.0 Å². The molecule has 0 radical (unpaired) electrons. The van der Waals surface area contributed by atoms with Gasteiger partial charge in [-0.15, -0.1) is 10.2 Å². The van der Waals surface area contributed by atoms with E-state index in [9.17, 15) is 0 Å². The smallest absolute Gasteiger partial charge is 0.191 e. The van der Waals surface area contributed by atoms with Crippen LogP contribution in [0.4, 0.5) is 0 Å². The zero-order valence-electron chi connectivity index (χ0n) is 9.33. The Bertz CT molecular complexity index is 249. The van der Waals surface area contributed by atoms with Gasteiger partial charge >= 0.3 is 0 Å². The highest BCUT2D eigenvalue weighted by Gasteiger charge is 2.12. The molecule has 0 saturated carbocycles. The van der Waals surface area contributed by atoms with E-state index in [-0.39, 0.29) is 6.04 Å². The fourth-order valence-electron chi connectivity index (χ4n) is 1.11. The summed E-state index contributed by atoms with van der Waals surface area (Å²) in [6.45, 7) is 9.70. The van der Waals surface area contributed by atoms with E-state index in [0.29, 0.717) is 5.41 Å². The molecule has 0 amide bonds. The largest absolute Gasteiger partial charge is 0.307 e. The number of nitrogens with zero attached hydrogens (tertiary/aromatic N) is 3. The molecule has 0 spiro atoms. The van der Waals surface area contributed by atoms with Gasteiger partial charge in [-0.05, 0) is 25.3 Å². The Morgan fingerprint density at radius 1 is 1.43 bits per heavy atom. The maximum absolute atomic E-state index is 3.92. The van der Waals surface area contributed by atoms with E-state index >= 15 is 0 Å². The van der Waals surface area contributed by atoms with Crippen molar-refractivity contribution in [3.05, 3.63) is 5.82 Å². The first kappa shape index (κ1) is 11.1. The third kappa shape index (κ3) is 3.83. The summed E-state index contributed by atoms with van der Waals surface area (Å²) < 4.78 is 0. The summed E-state index contributed by atoms with van der Waals surface area (Å²) in [5.41, 5.74) is 0.365. The van der Waals surface area contributed by atoms with Gasteiger partial charge in [0.1, 0.15) is 0 Å². The average Bonchev–Trinajstić information content (AvgIpc) is 2.53. The van der Waals surface area contributed by atoms with Crippen LogP contribution in [0.3, 0.4) is 0 Å². The van der Waals surface area contributed by atoms with Crippen molar-refractivity contribution >= 4 is 0 Å². The van der Waals surface area contributed by atoms with E-state index < -0.39 is 0 Å². The third-order valence-corrected chi connectivity index (χ3v) is 2.07. The first-order valence-corrected chi connectivity index (χ1v) is 4.96. The Kier molecular flexibility index (Phi) is 3.57. The maximum atomic E-state index is 3.92. The van der Waals surface area contributed by atoms with E-state index in [4.69, 9.17) is 0 Å². The van der Waals surface area contributed by atoms with E-state index in [1.165, 1.54) is 0 Å². The van der Waals surface area contributed by atoms with Crippen LogP contribution >= 0.6 is 0 Å². The van der Waals surface area contributed by atoms with E-state index in [1.807, 2.05) is 6.92 Å². The molecule has 0 bridgehead atoms. The van der Waals surface area contributed by atoms with Crippen LogP contribution in [-0.2, 0) is 0 Å². The molecule has 1 unspecified atom stereocenters. The summed E-state index contributed by atoms with van der Waals surface area (Å²) in [4.78, 5) is 0. The molecule has 80 valence electrons. The summed E-state index contributed by atoms with van der Waals surface area (Å²) in [6, 6.07) is 0.163. The molecule has 5 nitrogen and oxygen atoms in total. The van der Waals surface area contributed by atoms with Crippen LogP contribution in [0.5, 0.6) is 0 Å². The van der Waals surface area contributed by atoms with Gasteiger partial charge in [0.05, 0.1) is 6.04 Å². The summed E-state index contributed by atoms with van der Waals surface area (Å²) in [5, 5.41) is 17.2. The monoisotopic (exact) mass is 197 g/mol. The molecule has 5 heteroatoms. The van der Waals surface area contributed by atoms with Gasteiger partial charge in [-0.1, -0.05) is 26.0 Å². The predicted molar refractivity (Wildman–Crippen MR) is 54.7 cm³/mol. The van der Waals surface area contributed by atoms with Gasteiger partial charge in [0, 0.05) is 0 Å². The lowest BCUT2D eigenvalue weighted by atomic mass is 9.92. The maximum Gasteiger partial charge on any atom is 0.191 e. The molecule has 0 aromatic carbocycles. The van der Waals surface area contributed by atoms with Crippen molar-refractivity contribution in [2.45, 2.75) is 40.2 Å². The number of hydrogen-bond donors (Lipinski definition) is 2. The standard InChI is InChI=1S/C9H19N5/c1-7(8-11-13-14-12-8)10-6-5-9(2,3)4/h7,10H,5-6H2,1-4H3,(H,11,12,13,14). The topological polar surface area (TPSA) is 66.5 Å². The molecule has 0 aliphatic carbocycles. The minimum Gasteiger partial charge on any atom is -0.307 e. The average molecular weight is 197 g/mol. The number of H-pyrrole nitrogens is 1. The zero-order chi connectivity index (χ0) is 10.6. The van der Waals surface area contributed by atoms with Gasteiger partial charge < -0.3 is 5.32 Å². The predicted octanol–water partition coefficient (Wildman–Crippen LogP) is 1.29. The molecule has 2 N–H and O–H groups in total. The molecule has 1 rings (SSSR count). The lowest BCUT2D eigenvalue weighted by Crippen LogP contribution is -2.24. The number of rotatable bonds is 4. The highest BCUT2D eigenvalue weighted by Crippen LogP contribution is 2.17. The number of nitrogens with one attached hydrogen (secondary N) is 2. The minimum absolute atomic E-state index is 0.163. The van der Waals surface area contributed by atoms with Gasteiger partial charge in [-0.3, -0.25) is 0 Å². The lowest BCUT2D eigenvalue weighted by Gasteiger charge is -2.19. The second-order valence-corrected chi connectivity index (χ2v) is 4.76. The van der Waals surface area contributed by atoms with Gasteiger partial charge in [0.2, 0.25) is 0 Å². The van der Waals surface area contributed by atoms with Crippen molar-refractivity contribution < 1.29 is 0 Å². The second-order valence-electron chi connectivity index (χ2n) is 4.76. The van der Waals surface area contributed by atoms with E-state index in [1.54, 1.807) is 0 Å². The molecule has 1 aromatic heterocycles. The summed E-state index contributed by atoms with van der Waals surface area (Å²) in [6.07, 6.45) is 1.13. The molecule has 1 aromatic rings. The van der Waals surface area contributed by atoms with Crippen molar-refractivity contribution in [2.24, 2.45) is 5.41 Å². The molecule has 1 atom stereocenters. The fourth-order valence-corrected chi connectivity index (χ4v) is 1.11. The van der Waals surface area contributed by atoms with Gasteiger partial charge in [-0.25, -0.2) is 0 Å². The van der Waals surface area contributed by atoms with E-state index in [2.05, 4.69) is 46.7 Å². The molecule has 1 heterocycles. The van der Waals surface area contributed by atoms with Gasteiger partial charge in [0.25, 0.3) is 0 Å². The van der Waals surface area contributed by atoms with Crippen molar-refractivity contribution in [2.75, 3.05) is 6.54 Å². The number of tetrazole rings is 1. The summed E-state index contributed by atoms with van der Waals surface area (Å²) >= 11 is 0. The first-order valence-electron chi connectivity index (χ1n) is 4.96. The summed E-state index contributed by atoms with van der Waals surface area (Å²) in [5.74, 6) is 0.721. The Morgan fingerprint density at radius 3 is 2.64 bits per heavy atom. The minimum atomic E-state index is 0.163. The highest BCUT2D eigenvalue weighted by molar-refractivity contribution is 4.85. The van der Waals surface area contributed by atoms with Crippen molar-refractivity contribution in [3.63, 3.8) is 0 Å². The van der Waals surface area contributed by atoms with Crippen LogP contribution in [0.2, 0.25) is 0 Å². The van der Waals surface area contributed by atoms with E-state index in [0.717, 1.165) is 18.8 Å². The molecular formula is C9H19N5.